The van der Waals surface area contributed by atoms with Gasteiger partial charge in [0.1, 0.15) is 11.6 Å². The van der Waals surface area contributed by atoms with E-state index in [2.05, 4.69) is 5.32 Å². The fraction of sp³-hybridized carbons (Fsp3) is 0.625. The molecule has 1 fully saturated rings. The minimum Gasteiger partial charge on any atom is -0.396 e. The maximum absolute atomic E-state index is 14.1. The number of halogens is 2. The van der Waals surface area contributed by atoms with Crippen LogP contribution in [0.5, 0.6) is 0 Å². The van der Waals surface area contributed by atoms with E-state index >= 15 is 0 Å². The monoisotopic (exact) mass is 297 g/mol. The van der Waals surface area contributed by atoms with Gasteiger partial charge in [-0.15, -0.1) is 0 Å². The summed E-state index contributed by atoms with van der Waals surface area (Å²) in [5.41, 5.74) is 0.990. The molecule has 0 aliphatic carbocycles. The summed E-state index contributed by atoms with van der Waals surface area (Å²) in [6, 6.07) is 2.42. The third-order valence-corrected chi connectivity index (χ3v) is 4.53. The molecule has 1 aromatic carbocycles. The van der Waals surface area contributed by atoms with Gasteiger partial charge in [-0.2, -0.15) is 0 Å². The van der Waals surface area contributed by atoms with Crippen molar-refractivity contribution in [1.82, 2.24) is 0 Å². The van der Waals surface area contributed by atoms with E-state index < -0.39 is 11.6 Å². The van der Waals surface area contributed by atoms with Crippen molar-refractivity contribution in [3.8, 4) is 0 Å². The minimum atomic E-state index is -0.556. The molecule has 2 aliphatic rings. The molecule has 21 heavy (non-hydrogen) atoms. The van der Waals surface area contributed by atoms with Crippen LogP contribution in [0.25, 0.3) is 0 Å². The highest BCUT2D eigenvalue weighted by atomic mass is 19.1. The van der Waals surface area contributed by atoms with E-state index in [1.165, 1.54) is 6.07 Å². The number of aliphatic hydroxyl groups is 1. The first-order valence-corrected chi connectivity index (χ1v) is 7.68. The molecule has 2 N–H and O–H groups in total. The van der Waals surface area contributed by atoms with Crippen molar-refractivity contribution in [1.29, 1.82) is 0 Å². The molecule has 1 saturated heterocycles. The zero-order valence-electron chi connectivity index (χ0n) is 11.9. The molecular weight excluding hydrogens is 276 g/mol. The van der Waals surface area contributed by atoms with E-state index in [1.807, 2.05) is 0 Å². The molecule has 0 unspecified atom stereocenters. The summed E-state index contributed by atoms with van der Waals surface area (Å²) in [6.07, 6.45) is 4.25. The zero-order chi connectivity index (χ0) is 14.8. The Kier molecular flexibility index (Phi) is 4.40. The van der Waals surface area contributed by atoms with Crippen LogP contribution >= 0.6 is 0 Å². The Hall–Kier alpha value is -1.20. The molecule has 0 bridgehead atoms. The summed E-state index contributed by atoms with van der Waals surface area (Å²) in [5, 5.41) is 12.2. The van der Waals surface area contributed by atoms with Crippen molar-refractivity contribution in [2.75, 3.05) is 18.5 Å². The second-order valence-electron chi connectivity index (χ2n) is 5.92. The molecule has 116 valence electrons. The highest BCUT2D eigenvalue weighted by molar-refractivity contribution is 5.57. The number of benzene rings is 1. The van der Waals surface area contributed by atoms with Crippen molar-refractivity contribution in [2.45, 2.75) is 44.2 Å². The number of fused-ring (bicyclic) bond motifs is 3. The van der Waals surface area contributed by atoms with Gasteiger partial charge in [0, 0.05) is 36.8 Å². The molecule has 0 aromatic heterocycles. The summed E-state index contributed by atoms with van der Waals surface area (Å²) >= 11 is 0. The van der Waals surface area contributed by atoms with Crippen LogP contribution in [0.1, 0.15) is 43.8 Å². The van der Waals surface area contributed by atoms with Gasteiger partial charge in [0.05, 0.1) is 11.8 Å². The summed E-state index contributed by atoms with van der Waals surface area (Å²) in [7, 11) is 0. The van der Waals surface area contributed by atoms with Crippen LogP contribution in [-0.4, -0.2) is 24.4 Å². The highest BCUT2D eigenvalue weighted by Crippen LogP contribution is 2.45. The molecule has 0 amide bonds. The zero-order valence-corrected chi connectivity index (χ0v) is 11.9. The number of aliphatic hydroxyl groups excluding tert-OH is 1. The largest absolute Gasteiger partial charge is 0.396 e. The average Bonchev–Trinajstić information content (AvgIpc) is 2.48. The quantitative estimate of drug-likeness (QED) is 0.837. The summed E-state index contributed by atoms with van der Waals surface area (Å²) in [6.45, 7) is 0.815. The van der Waals surface area contributed by atoms with Crippen LogP contribution in [0.4, 0.5) is 14.5 Å². The molecule has 3 nitrogen and oxygen atoms in total. The first-order valence-electron chi connectivity index (χ1n) is 7.68. The number of ether oxygens (including phenoxy) is 1. The Balaban J connectivity index is 1.89. The van der Waals surface area contributed by atoms with Gasteiger partial charge in [-0.25, -0.2) is 8.78 Å². The van der Waals surface area contributed by atoms with E-state index in [0.29, 0.717) is 17.9 Å². The van der Waals surface area contributed by atoms with Gasteiger partial charge < -0.3 is 15.2 Å². The first kappa shape index (κ1) is 14.7. The lowest BCUT2D eigenvalue weighted by Gasteiger charge is -2.43. The van der Waals surface area contributed by atoms with E-state index in [9.17, 15) is 8.78 Å². The topological polar surface area (TPSA) is 41.5 Å². The number of rotatable bonds is 4. The van der Waals surface area contributed by atoms with Gasteiger partial charge in [0.15, 0.2) is 0 Å². The molecule has 0 spiro atoms. The Morgan fingerprint density at radius 3 is 2.95 bits per heavy atom. The number of nitrogens with one attached hydrogen (secondary N) is 1. The molecule has 0 radical (unpaired) electrons. The second kappa shape index (κ2) is 6.28. The predicted octanol–water partition coefficient (Wildman–Crippen LogP) is 3.39. The SMILES string of the molecule is OCCCC[C@H]1Nc2c(F)cc(F)cc2[C@H]2OCCC[C@H]21. The van der Waals surface area contributed by atoms with Crippen molar-refractivity contribution in [3.63, 3.8) is 0 Å². The number of hydrogen-bond donors (Lipinski definition) is 2. The molecule has 3 rings (SSSR count). The minimum absolute atomic E-state index is 0.120. The van der Waals surface area contributed by atoms with Gasteiger partial charge in [-0.3, -0.25) is 0 Å². The van der Waals surface area contributed by atoms with E-state index in [-0.39, 0.29) is 24.7 Å². The Bertz CT molecular complexity index is 509. The predicted molar refractivity (Wildman–Crippen MR) is 76.1 cm³/mol. The fourth-order valence-corrected chi connectivity index (χ4v) is 3.56. The normalized spacial score (nSPS) is 27.7. The van der Waals surface area contributed by atoms with Crippen LogP contribution in [-0.2, 0) is 4.74 Å². The number of hydrogen-bond acceptors (Lipinski definition) is 3. The van der Waals surface area contributed by atoms with E-state index in [0.717, 1.165) is 38.2 Å². The first-order chi connectivity index (χ1) is 10.2. The maximum atomic E-state index is 14.1. The van der Waals surface area contributed by atoms with Gasteiger partial charge in [-0.1, -0.05) is 0 Å². The van der Waals surface area contributed by atoms with Crippen LogP contribution in [0.2, 0.25) is 0 Å². The highest BCUT2D eigenvalue weighted by Gasteiger charge is 2.40. The van der Waals surface area contributed by atoms with Crippen molar-refractivity contribution < 1.29 is 18.6 Å². The van der Waals surface area contributed by atoms with E-state index in [1.54, 1.807) is 0 Å². The number of anilines is 1. The fourth-order valence-electron chi connectivity index (χ4n) is 3.56. The molecule has 5 heteroatoms. The Labute approximate surface area is 123 Å². The van der Waals surface area contributed by atoms with E-state index in [4.69, 9.17) is 9.84 Å². The van der Waals surface area contributed by atoms with Gasteiger partial charge >= 0.3 is 0 Å². The third kappa shape index (κ3) is 2.90. The standard InChI is InChI=1S/C16H21F2NO2/c17-10-8-12-15(13(18)9-10)19-14(5-1-2-6-20)11-4-3-7-21-16(11)12/h8-9,11,14,16,19-20H,1-7H2/t11-,14+,16-/m0/s1. The summed E-state index contributed by atoms with van der Waals surface area (Å²) < 4.78 is 33.4. The lowest BCUT2D eigenvalue weighted by molar-refractivity contribution is -0.0391. The smallest absolute Gasteiger partial charge is 0.149 e. The lowest BCUT2D eigenvalue weighted by Crippen LogP contribution is -2.41. The summed E-state index contributed by atoms with van der Waals surface area (Å²) in [5.74, 6) is -0.865. The average molecular weight is 297 g/mol. The van der Waals surface area contributed by atoms with Crippen molar-refractivity contribution in [3.05, 3.63) is 29.3 Å². The Morgan fingerprint density at radius 2 is 2.14 bits per heavy atom. The molecule has 3 atom stereocenters. The van der Waals surface area contributed by atoms with Crippen LogP contribution in [0, 0.1) is 17.6 Å². The van der Waals surface area contributed by atoms with Crippen LogP contribution < -0.4 is 5.32 Å². The van der Waals surface area contributed by atoms with Crippen molar-refractivity contribution >= 4 is 5.69 Å². The Morgan fingerprint density at radius 1 is 1.29 bits per heavy atom. The summed E-state index contributed by atoms with van der Waals surface area (Å²) in [4.78, 5) is 0. The maximum Gasteiger partial charge on any atom is 0.149 e. The van der Waals surface area contributed by atoms with Crippen LogP contribution in [0.15, 0.2) is 12.1 Å². The molecule has 0 saturated carbocycles. The molecule has 2 heterocycles. The van der Waals surface area contributed by atoms with Crippen LogP contribution in [0.3, 0.4) is 0 Å². The molecular formula is C16H21F2NO2. The lowest BCUT2D eigenvalue weighted by atomic mass is 9.78. The van der Waals surface area contributed by atoms with Gasteiger partial charge in [-0.05, 0) is 38.2 Å². The third-order valence-electron chi connectivity index (χ3n) is 4.53. The second-order valence-corrected chi connectivity index (χ2v) is 5.92. The molecule has 2 aliphatic heterocycles. The van der Waals surface area contributed by atoms with Gasteiger partial charge in [0.2, 0.25) is 0 Å². The number of unbranched alkanes of at least 4 members (excludes halogenated alkanes) is 1. The molecule has 1 aromatic rings. The van der Waals surface area contributed by atoms with Crippen molar-refractivity contribution in [2.24, 2.45) is 5.92 Å². The van der Waals surface area contributed by atoms with Gasteiger partial charge in [0.25, 0.3) is 0 Å².